The number of pyridine rings is 1. The van der Waals surface area contributed by atoms with E-state index in [4.69, 9.17) is 5.73 Å². The molecule has 1 aromatic carbocycles. The minimum Gasteiger partial charge on any atom is -0.379 e. The maximum Gasteiger partial charge on any atom is 0.259 e. The molecular weight excluding hydrogens is 334 g/mol. The van der Waals surface area contributed by atoms with Gasteiger partial charge in [-0.15, -0.1) is 0 Å². The number of anilines is 2. The Morgan fingerprint density at radius 3 is 2.73 bits per heavy atom. The molecule has 0 saturated carbocycles. The van der Waals surface area contributed by atoms with Crippen LogP contribution in [-0.4, -0.2) is 30.8 Å². The lowest BCUT2D eigenvalue weighted by Crippen LogP contribution is -2.14. The van der Waals surface area contributed by atoms with E-state index in [2.05, 4.69) is 30.2 Å². The Hall–Kier alpha value is -3.75. The number of nitrogen functional groups attached to an aromatic ring is 1. The normalized spacial score (nSPS) is 11.0. The van der Waals surface area contributed by atoms with Crippen molar-refractivity contribution in [2.45, 2.75) is 13.5 Å². The predicted octanol–water partition coefficient (Wildman–Crippen LogP) is 2.34. The molecule has 1 amide bonds. The lowest BCUT2D eigenvalue weighted by Gasteiger charge is -2.09. The first-order valence-corrected chi connectivity index (χ1v) is 7.98. The fraction of sp³-hybridized carbons (Fsp3) is 0.118. The number of benzene rings is 1. The van der Waals surface area contributed by atoms with Gasteiger partial charge in [0.1, 0.15) is 5.52 Å². The first-order chi connectivity index (χ1) is 12.7. The molecule has 0 unspecified atom stereocenters. The Morgan fingerprint density at radius 2 is 2.04 bits per heavy atom. The van der Waals surface area contributed by atoms with Gasteiger partial charge in [-0.05, 0) is 29.4 Å². The van der Waals surface area contributed by atoms with Gasteiger partial charge in [0, 0.05) is 18.4 Å². The van der Waals surface area contributed by atoms with Crippen LogP contribution in [0.3, 0.4) is 0 Å². The third-order valence-corrected chi connectivity index (χ3v) is 3.97. The Balaban J connectivity index is 1.85. The van der Waals surface area contributed by atoms with Crippen molar-refractivity contribution in [3.63, 3.8) is 0 Å². The molecular formula is C17H15N7O2. The molecule has 9 heteroatoms. The number of hydrogen-bond donors (Lipinski definition) is 2. The molecule has 0 spiro atoms. The monoisotopic (exact) mass is 349 g/mol. The van der Waals surface area contributed by atoms with E-state index in [0.29, 0.717) is 40.3 Å². The minimum absolute atomic E-state index is 0.137. The molecule has 0 aliphatic rings. The van der Waals surface area contributed by atoms with E-state index in [0.717, 1.165) is 0 Å². The van der Waals surface area contributed by atoms with Gasteiger partial charge in [0.05, 0.1) is 17.3 Å². The molecule has 26 heavy (non-hydrogen) atoms. The Kier molecular flexibility index (Phi) is 3.81. The number of aromatic nitrogens is 5. The number of amides is 1. The number of nitrogens with two attached hydrogens (primary N) is 1. The SMILES string of the molecule is CCn1c(-c2nonc2N)nc2cncc(C(=O)Nc3ccccc3)c21. The van der Waals surface area contributed by atoms with Crippen LogP contribution < -0.4 is 11.1 Å². The van der Waals surface area contributed by atoms with Crippen LogP contribution in [0.1, 0.15) is 17.3 Å². The minimum atomic E-state index is -0.276. The maximum absolute atomic E-state index is 12.8. The van der Waals surface area contributed by atoms with Crippen molar-refractivity contribution in [2.75, 3.05) is 11.1 Å². The van der Waals surface area contributed by atoms with E-state index in [1.165, 1.54) is 6.20 Å². The van der Waals surface area contributed by atoms with E-state index >= 15 is 0 Å². The Morgan fingerprint density at radius 1 is 1.23 bits per heavy atom. The lowest BCUT2D eigenvalue weighted by atomic mass is 10.2. The summed E-state index contributed by atoms with van der Waals surface area (Å²) in [5.41, 5.74) is 8.44. The second-order valence-corrected chi connectivity index (χ2v) is 5.55. The highest BCUT2D eigenvalue weighted by Gasteiger charge is 2.22. The fourth-order valence-electron chi connectivity index (χ4n) is 2.81. The van der Waals surface area contributed by atoms with E-state index in [1.54, 1.807) is 6.20 Å². The molecule has 0 atom stereocenters. The maximum atomic E-state index is 12.8. The number of nitrogens with zero attached hydrogens (tertiary/aromatic N) is 5. The smallest absolute Gasteiger partial charge is 0.259 e. The molecule has 4 aromatic rings. The van der Waals surface area contributed by atoms with E-state index in [9.17, 15) is 4.79 Å². The summed E-state index contributed by atoms with van der Waals surface area (Å²) in [5.74, 6) is 0.336. The molecule has 0 radical (unpaired) electrons. The summed E-state index contributed by atoms with van der Waals surface area (Å²) in [7, 11) is 0. The van der Waals surface area contributed by atoms with Gasteiger partial charge in [-0.3, -0.25) is 9.78 Å². The quantitative estimate of drug-likeness (QED) is 0.579. The summed E-state index contributed by atoms with van der Waals surface area (Å²) in [6.07, 6.45) is 3.11. The molecule has 4 rings (SSSR count). The second-order valence-electron chi connectivity index (χ2n) is 5.55. The summed E-state index contributed by atoms with van der Waals surface area (Å²) in [6, 6.07) is 9.21. The van der Waals surface area contributed by atoms with Crippen molar-refractivity contribution in [2.24, 2.45) is 0 Å². The van der Waals surface area contributed by atoms with Crippen LogP contribution in [0, 0.1) is 0 Å². The molecule has 3 aromatic heterocycles. The summed E-state index contributed by atoms with van der Waals surface area (Å²) >= 11 is 0. The largest absolute Gasteiger partial charge is 0.379 e. The van der Waals surface area contributed by atoms with Gasteiger partial charge in [0.15, 0.2) is 17.3 Å². The zero-order valence-corrected chi connectivity index (χ0v) is 13.9. The van der Waals surface area contributed by atoms with Crippen LogP contribution >= 0.6 is 0 Å². The standard InChI is InChI=1S/C17H15N7O2/c1-2-24-14-11(17(25)20-10-6-4-3-5-7-10)8-19-9-12(14)21-16(24)13-15(18)23-26-22-13/h3-9H,2H2,1H3,(H2,18,23)(H,20,25). The molecule has 0 aliphatic carbocycles. The second kappa shape index (κ2) is 6.28. The van der Waals surface area contributed by atoms with Crippen LogP contribution in [-0.2, 0) is 6.54 Å². The average Bonchev–Trinajstić information content (AvgIpc) is 3.24. The fourth-order valence-corrected chi connectivity index (χ4v) is 2.81. The molecule has 0 aliphatic heterocycles. The van der Waals surface area contributed by atoms with Gasteiger partial charge in [-0.1, -0.05) is 18.2 Å². The highest BCUT2D eigenvalue weighted by Crippen LogP contribution is 2.28. The molecule has 0 fully saturated rings. The first kappa shape index (κ1) is 15.8. The van der Waals surface area contributed by atoms with Gasteiger partial charge >= 0.3 is 0 Å². The number of aryl methyl sites for hydroxylation is 1. The number of fused-ring (bicyclic) bond motifs is 1. The molecule has 9 nitrogen and oxygen atoms in total. The van der Waals surface area contributed by atoms with Gasteiger partial charge in [-0.25, -0.2) is 9.61 Å². The van der Waals surface area contributed by atoms with Crippen molar-refractivity contribution in [3.05, 3.63) is 48.3 Å². The third kappa shape index (κ3) is 2.55. The number of para-hydroxylation sites is 1. The van der Waals surface area contributed by atoms with Crippen molar-refractivity contribution in [1.29, 1.82) is 0 Å². The van der Waals surface area contributed by atoms with E-state index in [1.807, 2.05) is 41.8 Å². The van der Waals surface area contributed by atoms with Crippen molar-refractivity contribution < 1.29 is 9.42 Å². The molecule has 0 bridgehead atoms. The summed E-state index contributed by atoms with van der Waals surface area (Å²) < 4.78 is 6.52. The highest BCUT2D eigenvalue weighted by molar-refractivity contribution is 6.11. The number of hydrogen-bond acceptors (Lipinski definition) is 7. The van der Waals surface area contributed by atoms with E-state index in [-0.39, 0.29) is 11.7 Å². The molecule has 3 N–H and O–H groups in total. The third-order valence-electron chi connectivity index (χ3n) is 3.97. The van der Waals surface area contributed by atoms with Gasteiger partial charge < -0.3 is 15.6 Å². The van der Waals surface area contributed by atoms with Crippen molar-refractivity contribution in [1.82, 2.24) is 24.8 Å². The van der Waals surface area contributed by atoms with Crippen LogP contribution in [0.25, 0.3) is 22.6 Å². The van der Waals surface area contributed by atoms with Crippen molar-refractivity contribution >= 4 is 28.4 Å². The topological polar surface area (TPSA) is 125 Å². The predicted molar refractivity (Wildman–Crippen MR) is 95.3 cm³/mol. The van der Waals surface area contributed by atoms with Gasteiger partial charge in [0.25, 0.3) is 5.91 Å². The Labute approximate surface area is 147 Å². The number of nitrogens with one attached hydrogen (secondary N) is 1. The molecule has 130 valence electrons. The van der Waals surface area contributed by atoms with Crippen LogP contribution in [0.4, 0.5) is 11.5 Å². The Bertz CT molecular complexity index is 1090. The zero-order chi connectivity index (χ0) is 18.1. The first-order valence-electron chi connectivity index (χ1n) is 7.98. The van der Waals surface area contributed by atoms with Crippen LogP contribution in [0.2, 0.25) is 0 Å². The summed E-state index contributed by atoms with van der Waals surface area (Å²) in [5, 5.41) is 10.3. The average molecular weight is 349 g/mol. The number of carbonyl (C=O) groups excluding carboxylic acids is 1. The summed E-state index contributed by atoms with van der Waals surface area (Å²) in [6.45, 7) is 2.49. The van der Waals surface area contributed by atoms with Gasteiger partial charge in [0.2, 0.25) is 0 Å². The molecule has 0 saturated heterocycles. The zero-order valence-electron chi connectivity index (χ0n) is 13.9. The number of imidazole rings is 1. The molecule has 3 heterocycles. The lowest BCUT2D eigenvalue weighted by molar-refractivity contribution is 0.102. The van der Waals surface area contributed by atoms with E-state index < -0.39 is 0 Å². The highest BCUT2D eigenvalue weighted by atomic mass is 16.6. The number of rotatable bonds is 4. The van der Waals surface area contributed by atoms with Gasteiger partial charge in [-0.2, -0.15) is 0 Å². The van der Waals surface area contributed by atoms with Crippen LogP contribution in [0.15, 0.2) is 47.4 Å². The van der Waals surface area contributed by atoms with Crippen LogP contribution in [0.5, 0.6) is 0 Å². The van der Waals surface area contributed by atoms with Crippen molar-refractivity contribution in [3.8, 4) is 11.5 Å². The summed E-state index contributed by atoms with van der Waals surface area (Å²) in [4.78, 5) is 21.5. The number of carbonyl (C=O) groups is 1.